The van der Waals surface area contributed by atoms with Crippen LogP contribution in [0.2, 0.25) is 0 Å². The van der Waals surface area contributed by atoms with Crippen molar-refractivity contribution in [1.82, 2.24) is 9.88 Å². The van der Waals surface area contributed by atoms with Gasteiger partial charge in [-0.25, -0.2) is 4.98 Å². The second-order valence-electron chi connectivity index (χ2n) is 4.99. The summed E-state index contributed by atoms with van der Waals surface area (Å²) in [6.07, 6.45) is 3.88. The molecule has 0 spiro atoms. The third-order valence-electron chi connectivity index (χ3n) is 3.67. The molecule has 0 atom stereocenters. The predicted octanol–water partition coefficient (Wildman–Crippen LogP) is 3.41. The number of amides is 1. The van der Waals surface area contributed by atoms with Crippen LogP contribution >= 0.6 is 0 Å². The summed E-state index contributed by atoms with van der Waals surface area (Å²) in [5.74, 6) is 1.47. The van der Waals surface area contributed by atoms with E-state index >= 15 is 0 Å². The lowest BCUT2D eigenvalue weighted by atomic mass is 10.0. The number of carbonyl (C=O) groups is 1. The van der Waals surface area contributed by atoms with Crippen LogP contribution in [0, 0.1) is 5.92 Å². The van der Waals surface area contributed by atoms with E-state index in [1.165, 1.54) is 0 Å². The number of nitrogens with zero attached hydrogens (tertiary/aromatic N) is 2. The largest absolute Gasteiger partial charge is 0.370 e. The maximum atomic E-state index is 12.5. The van der Waals surface area contributed by atoms with Crippen LogP contribution in [-0.2, 0) is 0 Å². The van der Waals surface area contributed by atoms with Crippen LogP contribution in [0.4, 0.5) is 5.82 Å². The second-order valence-corrected chi connectivity index (χ2v) is 4.99. The lowest BCUT2D eigenvalue weighted by Crippen LogP contribution is -2.35. The molecule has 1 heterocycles. The zero-order valence-electron chi connectivity index (χ0n) is 13.1. The molecule has 0 saturated carbocycles. The van der Waals surface area contributed by atoms with Gasteiger partial charge in [0.15, 0.2) is 0 Å². The van der Waals surface area contributed by atoms with Crippen molar-refractivity contribution < 1.29 is 4.79 Å². The molecule has 1 amide bonds. The van der Waals surface area contributed by atoms with Crippen LogP contribution < -0.4 is 5.32 Å². The number of hydrogen-bond donors (Lipinski definition) is 1. The van der Waals surface area contributed by atoms with E-state index in [-0.39, 0.29) is 5.91 Å². The van der Waals surface area contributed by atoms with Gasteiger partial charge in [0.2, 0.25) is 0 Å². The number of nitrogens with one attached hydrogen (secondary N) is 1. The number of pyridine rings is 1. The van der Waals surface area contributed by atoms with Gasteiger partial charge in [0.1, 0.15) is 5.82 Å². The fourth-order valence-electron chi connectivity index (χ4n) is 2.20. The Morgan fingerprint density at radius 2 is 1.95 bits per heavy atom. The van der Waals surface area contributed by atoms with Crippen LogP contribution in [0.1, 0.15) is 50.9 Å². The van der Waals surface area contributed by atoms with Crippen molar-refractivity contribution in [3.05, 3.63) is 23.9 Å². The highest BCUT2D eigenvalue weighted by atomic mass is 16.2. The van der Waals surface area contributed by atoms with Gasteiger partial charge in [0, 0.05) is 25.8 Å². The van der Waals surface area contributed by atoms with Crippen molar-refractivity contribution in [3.63, 3.8) is 0 Å². The van der Waals surface area contributed by atoms with Gasteiger partial charge in [-0.15, -0.1) is 0 Å². The molecule has 0 aliphatic heterocycles. The van der Waals surface area contributed by atoms with E-state index in [0.717, 1.165) is 38.3 Å². The van der Waals surface area contributed by atoms with Crippen molar-refractivity contribution in [2.24, 2.45) is 5.92 Å². The standard InChI is InChI=1S/C16H27N3O/c1-5-13(6-2)12-19(8-4)16(20)14-9-10-15(17-7-3)18-11-14/h9-11,13H,5-8,12H2,1-4H3,(H,17,18). The van der Waals surface area contributed by atoms with Crippen LogP contribution in [-0.4, -0.2) is 35.4 Å². The van der Waals surface area contributed by atoms with Gasteiger partial charge >= 0.3 is 0 Å². The Morgan fingerprint density at radius 1 is 1.25 bits per heavy atom. The molecule has 1 aromatic heterocycles. The summed E-state index contributed by atoms with van der Waals surface area (Å²) in [5.41, 5.74) is 0.666. The van der Waals surface area contributed by atoms with E-state index in [0.29, 0.717) is 11.5 Å². The smallest absolute Gasteiger partial charge is 0.255 e. The second kappa shape index (κ2) is 8.56. The van der Waals surface area contributed by atoms with E-state index < -0.39 is 0 Å². The van der Waals surface area contributed by atoms with Crippen molar-refractivity contribution in [2.75, 3.05) is 25.0 Å². The summed E-state index contributed by atoms with van der Waals surface area (Å²) in [6.45, 7) is 10.8. The summed E-state index contributed by atoms with van der Waals surface area (Å²) in [7, 11) is 0. The van der Waals surface area contributed by atoms with Gasteiger partial charge in [-0.3, -0.25) is 4.79 Å². The summed E-state index contributed by atoms with van der Waals surface area (Å²) in [5, 5.41) is 3.13. The van der Waals surface area contributed by atoms with Crippen molar-refractivity contribution in [1.29, 1.82) is 0 Å². The minimum atomic E-state index is 0.0787. The Bertz CT molecular complexity index is 399. The highest BCUT2D eigenvalue weighted by molar-refractivity contribution is 5.94. The molecular formula is C16H27N3O. The summed E-state index contributed by atoms with van der Waals surface area (Å²) in [6, 6.07) is 3.71. The number of aromatic nitrogens is 1. The summed E-state index contributed by atoms with van der Waals surface area (Å²) in [4.78, 5) is 18.7. The Balaban J connectivity index is 2.74. The molecule has 1 aromatic rings. The topological polar surface area (TPSA) is 45.2 Å². The number of carbonyl (C=O) groups excluding carboxylic acids is 1. The van der Waals surface area contributed by atoms with Gasteiger partial charge < -0.3 is 10.2 Å². The molecule has 0 radical (unpaired) electrons. The quantitative estimate of drug-likeness (QED) is 0.792. The van der Waals surface area contributed by atoms with E-state index in [1.807, 2.05) is 30.9 Å². The normalized spacial score (nSPS) is 10.7. The van der Waals surface area contributed by atoms with Gasteiger partial charge in [-0.05, 0) is 31.9 Å². The average molecular weight is 277 g/mol. The minimum Gasteiger partial charge on any atom is -0.370 e. The monoisotopic (exact) mass is 277 g/mol. The lowest BCUT2D eigenvalue weighted by Gasteiger charge is -2.25. The number of rotatable bonds is 8. The van der Waals surface area contributed by atoms with Crippen molar-refractivity contribution >= 4 is 11.7 Å². The molecule has 1 rings (SSSR count). The molecule has 20 heavy (non-hydrogen) atoms. The first-order valence-electron chi connectivity index (χ1n) is 7.65. The Morgan fingerprint density at radius 3 is 2.40 bits per heavy atom. The van der Waals surface area contributed by atoms with Crippen molar-refractivity contribution in [3.8, 4) is 0 Å². The Labute approximate surface area is 122 Å². The highest BCUT2D eigenvalue weighted by Crippen LogP contribution is 2.13. The first kappa shape index (κ1) is 16.5. The lowest BCUT2D eigenvalue weighted by molar-refractivity contribution is 0.0734. The molecule has 0 unspecified atom stereocenters. The summed E-state index contributed by atoms with van der Waals surface area (Å²) < 4.78 is 0. The first-order valence-corrected chi connectivity index (χ1v) is 7.65. The molecule has 0 aromatic carbocycles. The van der Waals surface area contributed by atoms with E-state index in [4.69, 9.17) is 0 Å². The van der Waals surface area contributed by atoms with Gasteiger partial charge in [-0.2, -0.15) is 0 Å². The van der Waals surface area contributed by atoms with Gasteiger partial charge in [0.05, 0.1) is 5.56 Å². The van der Waals surface area contributed by atoms with Gasteiger partial charge in [0.25, 0.3) is 5.91 Å². The Kier molecular flexibility index (Phi) is 7.05. The molecule has 4 nitrogen and oxygen atoms in total. The van der Waals surface area contributed by atoms with Gasteiger partial charge in [-0.1, -0.05) is 26.7 Å². The fourth-order valence-corrected chi connectivity index (χ4v) is 2.20. The number of hydrogen-bond acceptors (Lipinski definition) is 3. The molecule has 1 N–H and O–H groups in total. The molecule has 0 aliphatic carbocycles. The molecule has 4 heteroatoms. The van der Waals surface area contributed by atoms with Crippen LogP contribution in [0.25, 0.3) is 0 Å². The molecule has 0 fully saturated rings. The van der Waals surface area contributed by atoms with Crippen LogP contribution in [0.3, 0.4) is 0 Å². The SMILES string of the molecule is CCNc1ccc(C(=O)N(CC)CC(CC)CC)cn1. The summed E-state index contributed by atoms with van der Waals surface area (Å²) >= 11 is 0. The third-order valence-corrected chi connectivity index (χ3v) is 3.67. The molecule has 0 bridgehead atoms. The zero-order valence-corrected chi connectivity index (χ0v) is 13.1. The molecular weight excluding hydrogens is 250 g/mol. The fraction of sp³-hybridized carbons (Fsp3) is 0.625. The first-order chi connectivity index (χ1) is 9.65. The maximum absolute atomic E-state index is 12.5. The maximum Gasteiger partial charge on any atom is 0.255 e. The van der Waals surface area contributed by atoms with Crippen molar-refractivity contribution in [2.45, 2.75) is 40.5 Å². The van der Waals surface area contributed by atoms with E-state index in [9.17, 15) is 4.79 Å². The number of anilines is 1. The van der Waals surface area contributed by atoms with Crippen LogP contribution in [0.5, 0.6) is 0 Å². The Hall–Kier alpha value is -1.58. The van der Waals surface area contributed by atoms with E-state index in [2.05, 4.69) is 24.1 Å². The predicted molar refractivity (Wildman–Crippen MR) is 84.1 cm³/mol. The molecule has 0 saturated heterocycles. The highest BCUT2D eigenvalue weighted by Gasteiger charge is 2.17. The van der Waals surface area contributed by atoms with E-state index in [1.54, 1.807) is 6.20 Å². The zero-order chi connectivity index (χ0) is 15.0. The third kappa shape index (κ3) is 4.51. The minimum absolute atomic E-state index is 0.0787. The molecule has 0 aliphatic rings. The average Bonchev–Trinajstić information content (AvgIpc) is 2.49. The molecule has 112 valence electrons. The van der Waals surface area contributed by atoms with Crippen LogP contribution in [0.15, 0.2) is 18.3 Å².